The summed E-state index contributed by atoms with van der Waals surface area (Å²) < 4.78 is 10.5. The summed E-state index contributed by atoms with van der Waals surface area (Å²) >= 11 is 5.60. The topological polar surface area (TPSA) is 83.2 Å². The van der Waals surface area contributed by atoms with Crippen LogP contribution in [0.15, 0.2) is 0 Å². The van der Waals surface area contributed by atoms with E-state index in [1.54, 1.807) is 7.11 Å². The van der Waals surface area contributed by atoms with Crippen molar-refractivity contribution in [3.63, 3.8) is 0 Å². The summed E-state index contributed by atoms with van der Waals surface area (Å²) in [5.41, 5.74) is 5.14. The van der Waals surface area contributed by atoms with Gasteiger partial charge in [0.15, 0.2) is 0 Å². The molecular formula is C9H15ClN4O2. The number of nitrogens with zero attached hydrogens (tertiary/aromatic N) is 3. The fourth-order valence-electron chi connectivity index (χ4n) is 0.901. The Kier molecular flexibility index (Phi) is 4.26. The van der Waals surface area contributed by atoms with Gasteiger partial charge in [0.2, 0.25) is 11.2 Å². The van der Waals surface area contributed by atoms with E-state index >= 15 is 0 Å². The van der Waals surface area contributed by atoms with Gasteiger partial charge in [0.1, 0.15) is 0 Å². The number of hydrogen-bond donors (Lipinski definition) is 1. The zero-order chi connectivity index (χ0) is 12.2. The number of halogens is 1. The van der Waals surface area contributed by atoms with E-state index in [2.05, 4.69) is 15.0 Å². The Balaban J connectivity index is 2.49. The lowest BCUT2D eigenvalue weighted by Gasteiger charge is -2.22. The number of ether oxygens (including phenoxy) is 2. The van der Waals surface area contributed by atoms with Gasteiger partial charge in [-0.3, -0.25) is 0 Å². The zero-order valence-electron chi connectivity index (χ0n) is 9.53. The van der Waals surface area contributed by atoms with Gasteiger partial charge in [0.25, 0.3) is 0 Å². The number of nitrogens with two attached hydrogens (primary N) is 1. The first kappa shape index (κ1) is 12.9. The van der Waals surface area contributed by atoms with Gasteiger partial charge < -0.3 is 15.2 Å². The van der Waals surface area contributed by atoms with Crippen molar-refractivity contribution < 1.29 is 9.47 Å². The van der Waals surface area contributed by atoms with Crippen LogP contribution in [-0.4, -0.2) is 34.3 Å². The van der Waals surface area contributed by atoms with Crippen molar-refractivity contribution in [2.45, 2.75) is 25.9 Å². The molecule has 16 heavy (non-hydrogen) atoms. The van der Waals surface area contributed by atoms with Crippen molar-refractivity contribution in [3.8, 4) is 6.01 Å². The Bertz CT molecular complexity index is 339. The van der Waals surface area contributed by atoms with Crippen molar-refractivity contribution in [1.29, 1.82) is 0 Å². The van der Waals surface area contributed by atoms with Crippen LogP contribution in [0.25, 0.3) is 0 Å². The maximum atomic E-state index is 5.60. The van der Waals surface area contributed by atoms with E-state index < -0.39 is 0 Å². The summed E-state index contributed by atoms with van der Waals surface area (Å²) in [6, 6.07) is 0.129. The molecule has 90 valence electrons. The maximum absolute atomic E-state index is 5.60. The zero-order valence-corrected chi connectivity index (χ0v) is 10.3. The second-order valence-electron chi connectivity index (χ2n) is 3.81. The third-order valence-corrected chi connectivity index (χ3v) is 2.26. The highest BCUT2D eigenvalue weighted by Gasteiger charge is 2.16. The molecule has 0 unspecified atom stereocenters. The molecule has 0 aliphatic rings. The van der Waals surface area contributed by atoms with Crippen LogP contribution in [0.2, 0.25) is 5.28 Å². The Hall–Kier alpha value is -1.14. The summed E-state index contributed by atoms with van der Waals surface area (Å²) in [4.78, 5) is 11.2. The molecule has 0 aromatic carbocycles. The molecule has 0 bridgehead atoms. The fourth-order valence-corrected chi connectivity index (χ4v) is 1.06. The largest absolute Gasteiger partial charge is 0.463 e. The standard InChI is InChI=1S/C9H15ClN4O2/c1-9(2,15-3)4-5-16-8-13-6(10)12-7(11)14-8/h4-5H2,1-3H3,(H2,11,12,13,14). The molecule has 0 atom stereocenters. The maximum Gasteiger partial charge on any atom is 0.322 e. The molecule has 1 aromatic rings. The van der Waals surface area contributed by atoms with E-state index in [-0.39, 0.29) is 22.8 Å². The van der Waals surface area contributed by atoms with Crippen molar-refractivity contribution in [2.24, 2.45) is 0 Å². The minimum absolute atomic E-state index is 0.0218. The van der Waals surface area contributed by atoms with Crippen LogP contribution in [0.4, 0.5) is 5.95 Å². The monoisotopic (exact) mass is 246 g/mol. The molecule has 1 heterocycles. The molecule has 7 heteroatoms. The fraction of sp³-hybridized carbons (Fsp3) is 0.667. The summed E-state index contributed by atoms with van der Waals surface area (Å²) in [6.45, 7) is 4.34. The van der Waals surface area contributed by atoms with E-state index in [0.717, 1.165) is 0 Å². The molecule has 0 saturated carbocycles. The van der Waals surface area contributed by atoms with E-state index in [0.29, 0.717) is 13.0 Å². The Labute approximate surface area is 99.2 Å². The molecule has 0 saturated heterocycles. The predicted molar refractivity (Wildman–Crippen MR) is 60.4 cm³/mol. The molecule has 2 N–H and O–H groups in total. The number of hydrogen-bond acceptors (Lipinski definition) is 6. The Morgan fingerprint density at radius 1 is 1.31 bits per heavy atom. The second-order valence-corrected chi connectivity index (χ2v) is 4.15. The van der Waals surface area contributed by atoms with E-state index in [1.807, 2.05) is 13.8 Å². The van der Waals surface area contributed by atoms with Gasteiger partial charge in [-0.15, -0.1) is 0 Å². The molecule has 0 aliphatic heterocycles. The average molecular weight is 247 g/mol. The molecule has 0 aliphatic carbocycles. The summed E-state index contributed by atoms with van der Waals surface area (Å²) in [5, 5.41) is 0.0218. The third kappa shape index (κ3) is 4.16. The van der Waals surface area contributed by atoms with Gasteiger partial charge in [0, 0.05) is 13.5 Å². The predicted octanol–water partition coefficient (Wildman–Crippen LogP) is 1.30. The molecule has 1 rings (SSSR count). The summed E-state index contributed by atoms with van der Waals surface area (Å²) in [7, 11) is 1.65. The average Bonchev–Trinajstić information content (AvgIpc) is 2.16. The SMILES string of the molecule is COC(C)(C)CCOc1nc(N)nc(Cl)n1. The molecule has 0 radical (unpaired) electrons. The van der Waals surface area contributed by atoms with Crippen LogP contribution < -0.4 is 10.5 Å². The van der Waals surface area contributed by atoms with Crippen LogP contribution in [0.1, 0.15) is 20.3 Å². The second kappa shape index (κ2) is 5.27. The molecule has 0 amide bonds. The van der Waals surface area contributed by atoms with Crippen molar-refractivity contribution in [1.82, 2.24) is 15.0 Å². The number of nitrogen functional groups attached to an aromatic ring is 1. The van der Waals surface area contributed by atoms with Gasteiger partial charge in [-0.05, 0) is 25.4 Å². The van der Waals surface area contributed by atoms with E-state index in [4.69, 9.17) is 26.8 Å². The Morgan fingerprint density at radius 2 is 2.00 bits per heavy atom. The molecule has 0 spiro atoms. The van der Waals surface area contributed by atoms with Crippen LogP contribution in [0.3, 0.4) is 0 Å². The van der Waals surface area contributed by atoms with Crippen LogP contribution in [0, 0.1) is 0 Å². The van der Waals surface area contributed by atoms with Gasteiger partial charge in [-0.2, -0.15) is 15.0 Å². The first-order chi connectivity index (χ1) is 7.43. The minimum atomic E-state index is -0.248. The van der Waals surface area contributed by atoms with Crippen LogP contribution in [0.5, 0.6) is 6.01 Å². The first-order valence-corrected chi connectivity index (χ1v) is 5.16. The number of aromatic nitrogens is 3. The van der Waals surface area contributed by atoms with Crippen LogP contribution in [-0.2, 0) is 4.74 Å². The van der Waals surface area contributed by atoms with Gasteiger partial charge >= 0.3 is 6.01 Å². The van der Waals surface area contributed by atoms with Crippen molar-refractivity contribution in [3.05, 3.63) is 5.28 Å². The Morgan fingerprint density at radius 3 is 2.56 bits per heavy atom. The molecular weight excluding hydrogens is 232 g/mol. The highest BCUT2D eigenvalue weighted by Crippen LogP contribution is 2.14. The lowest BCUT2D eigenvalue weighted by Crippen LogP contribution is -2.25. The van der Waals surface area contributed by atoms with Gasteiger partial charge in [0.05, 0.1) is 12.2 Å². The lowest BCUT2D eigenvalue weighted by molar-refractivity contribution is 0.00467. The summed E-state index contributed by atoms with van der Waals surface area (Å²) in [6.07, 6.45) is 0.701. The van der Waals surface area contributed by atoms with E-state index in [1.165, 1.54) is 0 Å². The lowest BCUT2D eigenvalue weighted by atomic mass is 10.1. The highest BCUT2D eigenvalue weighted by molar-refractivity contribution is 6.28. The number of rotatable bonds is 5. The molecule has 1 aromatic heterocycles. The first-order valence-electron chi connectivity index (χ1n) is 4.78. The normalized spacial score (nSPS) is 11.5. The van der Waals surface area contributed by atoms with Crippen LogP contribution >= 0.6 is 11.6 Å². The van der Waals surface area contributed by atoms with E-state index in [9.17, 15) is 0 Å². The molecule has 0 fully saturated rings. The summed E-state index contributed by atoms with van der Waals surface area (Å²) in [5.74, 6) is 0.0426. The van der Waals surface area contributed by atoms with Gasteiger partial charge in [-0.1, -0.05) is 0 Å². The molecule has 6 nitrogen and oxygen atoms in total. The highest BCUT2D eigenvalue weighted by atomic mass is 35.5. The third-order valence-electron chi connectivity index (χ3n) is 2.09. The minimum Gasteiger partial charge on any atom is -0.463 e. The smallest absolute Gasteiger partial charge is 0.322 e. The van der Waals surface area contributed by atoms with Crippen molar-refractivity contribution >= 4 is 17.5 Å². The number of methoxy groups -OCH3 is 1. The van der Waals surface area contributed by atoms with Gasteiger partial charge in [-0.25, -0.2) is 0 Å². The number of anilines is 1. The quantitative estimate of drug-likeness (QED) is 0.843. The van der Waals surface area contributed by atoms with Crippen molar-refractivity contribution in [2.75, 3.05) is 19.5 Å².